The Labute approximate surface area is 138 Å². The number of carbonyl (C=O) groups is 1. The lowest BCUT2D eigenvalue weighted by Gasteiger charge is -2.14. The molecule has 0 aliphatic carbocycles. The van der Waals surface area contributed by atoms with Gasteiger partial charge in [-0.05, 0) is 18.6 Å². The molecule has 2 aromatic rings. The Hall–Kier alpha value is -1.95. The van der Waals surface area contributed by atoms with Crippen LogP contribution >= 0.6 is 11.3 Å². The number of thiazole rings is 1. The highest BCUT2D eigenvalue weighted by atomic mass is 32.1. The van der Waals surface area contributed by atoms with E-state index >= 15 is 0 Å². The van der Waals surface area contributed by atoms with Gasteiger partial charge < -0.3 is 9.64 Å². The van der Waals surface area contributed by atoms with E-state index in [9.17, 15) is 9.18 Å². The molecular formula is C17H19FN2O2S. The van der Waals surface area contributed by atoms with Crippen molar-refractivity contribution < 1.29 is 13.9 Å². The Balaban J connectivity index is 1.80. The summed E-state index contributed by atoms with van der Waals surface area (Å²) < 4.78 is 18.6. The van der Waals surface area contributed by atoms with Gasteiger partial charge in [0.1, 0.15) is 11.6 Å². The van der Waals surface area contributed by atoms with Gasteiger partial charge in [-0.1, -0.05) is 6.92 Å². The van der Waals surface area contributed by atoms with E-state index in [1.807, 2.05) is 17.2 Å². The second kappa shape index (κ2) is 6.66. The second-order valence-corrected chi connectivity index (χ2v) is 6.48. The van der Waals surface area contributed by atoms with Crippen LogP contribution in [0, 0.1) is 5.82 Å². The molecule has 1 aliphatic rings. The minimum Gasteiger partial charge on any atom is -0.496 e. The highest BCUT2D eigenvalue weighted by molar-refractivity contribution is 7.10. The number of hydrogen-bond donors (Lipinski definition) is 0. The third-order valence-corrected chi connectivity index (χ3v) is 5.16. The molecule has 0 spiro atoms. The first-order valence-corrected chi connectivity index (χ1v) is 8.57. The van der Waals surface area contributed by atoms with Gasteiger partial charge in [-0.2, -0.15) is 0 Å². The molecule has 6 heteroatoms. The highest BCUT2D eigenvalue weighted by Crippen LogP contribution is 2.35. The summed E-state index contributed by atoms with van der Waals surface area (Å²) >= 11 is 1.59. The molecular weight excluding hydrogens is 315 g/mol. The Morgan fingerprint density at radius 1 is 1.52 bits per heavy atom. The van der Waals surface area contributed by atoms with Gasteiger partial charge in [-0.25, -0.2) is 9.37 Å². The summed E-state index contributed by atoms with van der Waals surface area (Å²) in [5.41, 5.74) is 1.58. The summed E-state index contributed by atoms with van der Waals surface area (Å²) in [4.78, 5) is 18.4. The lowest BCUT2D eigenvalue weighted by Crippen LogP contribution is -2.27. The summed E-state index contributed by atoms with van der Waals surface area (Å²) in [6, 6.07) is 4.47. The number of carbonyl (C=O) groups excluding carboxylic acids is 1. The van der Waals surface area contributed by atoms with Crippen LogP contribution in [-0.2, 0) is 4.79 Å². The van der Waals surface area contributed by atoms with Crippen molar-refractivity contribution in [1.29, 1.82) is 0 Å². The molecule has 0 saturated carbocycles. The van der Waals surface area contributed by atoms with Crippen molar-refractivity contribution in [1.82, 2.24) is 9.88 Å². The normalized spacial score (nSPS) is 17.5. The number of halogens is 1. The SMILES string of the molecule is CCC(=O)N1CCC(c2nc(-c3ccc(F)cc3OC)cs2)C1. The molecule has 122 valence electrons. The van der Waals surface area contributed by atoms with Gasteiger partial charge in [0.25, 0.3) is 0 Å². The van der Waals surface area contributed by atoms with Gasteiger partial charge in [0.05, 0.1) is 17.8 Å². The predicted octanol–water partition coefficient (Wildman–Crippen LogP) is 3.68. The molecule has 1 atom stereocenters. The smallest absolute Gasteiger partial charge is 0.222 e. The average Bonchev–Trinajstić information content (AvgIpc) is 3.22. The minimum absolute atomic E-state index is 0.199. The first-order chi connectivity index (χ1) is 11.1. The van der Waals surface area contributed by atoms with Crippen molar-refractivity contribution in [3.8, 4) is 17.0 Å². The van der Waals surface area contributed by atoms with Crippen molar-refractivity contribution in [2.24, 2.45) is 0 Å². The summed E-state index contributed by atoms with van der Waals surface area (Å²) in [7, 11) is 1.52. The van der Waals surface area contributed by atoms with Crippen LogP contribution in [0.2, 0.25) is 0 Å². The number of likely N-dealkylation sites (tertiary alicyclic amines) is 1. The molecule has 2 heterocycles. The minimum atomic E-state index is -0.328. The summed E-state index contributed by atoms with van der Waals surface area (Å²) in [5, 5.41) is 2.99. The number of hydrogen-bond acceptors (Lipinski definition) is 4. The summed E-state index contributed by atoms with van der Waals surface area (Å²) in [6.45, 7) is 3.42. The molecule has 1 unspecified atom stereocenters. The number of benzene rings is 1. The molecule has 0 bridgehead atoms. The van der Waals surface area contributed by atoms with E-state index in [0.717, 1.165) is 35.8 Å². The topological polar surface area (TPSA) is 42.4 Å². The summed E-state index contributed by atoms with van der Waals surface area (Å²) in [6.07, 6.45) is 1.49. The number of aromatic nitrogens is 1. The lowest BCUT2D eigenvalue weighted by atomic mass is 10.1. The molecule has 3 rings (SSSR count). The maximum Gasteiger partial charge on any atom is 0.222 e. The monoisotopic (exact) mass is 334 g/mol. The zero-order valence-corrected chi connectivity index (χ0v) is 14.0. The maximum absolute atomic E-state index is 13.3. The fraction of sp³-hybridized carbons (Fsp3) is 0.412. The fourth-order valence-electron chi connectivity index (χ4n) is 2.89. The second-order valence-electron chi connectivity index (χ2n) is 5.59. The van der Waals surface area contributed by atoms with Crippen molar-refractivity contribution in [2.45, 2.75) is 25.7 Å². The van der Waals surface area contributed by atoms with E-state index in [4.69, 9.17) is 9.72 Å². The van der Waals surface area contributed by atoms with Crippen molar-refractivity contribution in [2.75, 3.05) is 20.2 Å². The lowest BCUT2D eigenvalue weighted by molar-refractivity contribution is -0.129. The number of methoxy groups -OCH3 is 1. The quantitative estimate of drug-likeness (QED) is 0.856. The van der Waals surface area contributed by atoms with Crippen LogP contribution in [0.25, 0.3) is 11.3 Å². The van der Waals surface area contributed by atoms with Gasteiger partial charge in [0.15, 0.2) is 0 Å². The van der Waals surface area contributed by atoms with E-state index in [1.165, 1.54) is 19.2 Å². The van der Waals surface area contributed by atoms with Crippen molar-refractivity contribution in [3.05, 3.63) is 34.4 Å². The van der Waals surface area contributed by atoms with Gasteiger partial charge >= 0.3 is 0 Å². The molecule has 4 nitrogen and oxygen atoms in total. The van der Waals surface area contributed by atoms with Gasteiger partial charge in [0.2, 0.25) is 5.91 Å². The third kappa shape index (κ3) is 3.22. The molecule has 0 radical (unpaired) electrons. The van der Waals surface area contributed by atoms with E-state index in [-0.39, 0.29) is 17.6 Å². The van der Waals surface area contributed by atoms with Gasteiger partial charge in [0, 0.05) is 42.4 Å². The standard InChI is InChI=1S/C17H19FN2O2S/c1-3-16(21)20-7-6-11(9-20)17-19-14(10-23-17)13-5-4-12(18)8-15(13)22-2/h4-5,8,10-11H,3,6-7,9H2,1-2H3. The largest absolute Gasteiger partial charge is 0.496 e. The maximum atomic E-state index is 13.3. The Kier molecular flexibility index (Phi) is 4.61. The molecule has 1 aromatic heterocycles. The molecule has 1 amide bonds. The predicted molar refractivity (Wildman–Crippen MR) is 88.3 cm³/mol. The van der Waals surface area contributed by atoms with E-state index in [0.29, 0.717) is 12.2 Å². The van der Waals surface area contributed by atoms with Crippen LogP contribution < -0.4 is 4.74 Å². The van der Waals surface area contributed by atoms with Crippen LogP contribution in [0.15, 0.2) is 23.6 Å². The third-order valence-electron chi connectivity index (χ3n) is 4.15. The Bertz CT molecular complexity index is 716. The van der Waals surface area contributed by atoms with Crippen LogP contribution in [0.1, 0.15) is 30.7 Å². The summed E-state index contributed by atoms with van der Waals surface area (Å²) in [5.74, 6) is 0.641. The number of rotatable bonds is 4. The molecule has 1 fully saturated rings. The molecule has 23 heavy (non-hydrogen) atoms. The highest BCUT2D eigenvalue weighted by Gasteiger charge is 2.28. The first kappa shape index (κ1) is 15.9. The van der Waals surface area contributed by atoms with Gasteiger partial charge in [-0.15, -0.1) is 11.3 Å². The molecule has 0 N–H and O–H groups in total. The molecule has 1 aromatic carbocycles. The van der Waals surface area contributed by atoms with E-state index < -0.39 is 0 Å². The zero-order valence-electron chi connectivity index (χ0n) is 13.2. The molecule has 1 aliphatic heterocycles. The first-order valence-electron chi connectivity index (χ1n) is 7.69. The van der Waals surface area contributed by atoms with E-state index in [1.54, 1.807) is 17.4 Å². The number of nitrogens with zero attached hydrogens (tertiary/aromatic N) is 2. The Morgan fingerprint density at radius 2 is 2.35 bits per heavy atom. The average molecular weight is 334 g/mol. The van der Waals surface area contributed by atoms with E-state index in [2.05, 4.69) is 0 Å². The van der Waals surface area contributed by atoms with Crippen LogP contribution in [-0.4, -0.2) is 36.0 Å². The van der Waals surface area contributed by atoms with Crippen LogP contribution in [0.3, 0.4) is 0 Å². The number of amides is 1. The zero-order chi connectivity index (χ0) is 16.4. The van der Waals surface area contributed by atoms with Crippen LogP contribution in [0.4, 0.5) is 4.39 Å². The molecule has 1 saturated heterocycles. The van der Waals surface area contributed by atoms with Gasteiger partial charge in [-0.3, -0.25) is 4.79 Å². The van der Waals surface area contributed by atoms with Crippen molar-refractivity contribution in [3.63, 3.8) is 0 Å². The Morgan fingerprint density at radius 3 is 3.09 bits per heavy atom. The number of ether oxygens (including phenoxy) is 1. The van der Waals surface area contributed by atoms with Crippen molar-refractivity contribution >= 4 is 17.2 Å². The fourth-order valence-corrected chi connectivity index (χ4v) is 3.84. The van der Waals surface area contributed by atoms with Crippen LogP contribution in [0.5, 0.6) is 5.75 Å².